The summed E-state index contributed by atoms with van der Waals surface area (Å²) < 4.78 is 1.79. The Morgan fingerprint density at radius 3 is 2.45 bits per heavy atom. The minimum absolute atomic E-state index is 0.146. The molecule has 0 saturated heterocycles. The van der Waals surface area contributed by atoms with Crippen LogP contribution in [0.15, 0.2) is 24.3 Å². The van der Waals surface area contributed by atoms with Gasteiger partial charge in [-0.3, -0.25) is 14.4 Å². The number of hydrogen-bond acceptors (Lipinski definition) is 8. The van der Waals surface area contributed by atoms with Crippen LogP contribution in [0, 0.1) is 12.8 Å². The number of likely N-dealkylation sites (N-methyl/N-ethyl adjacent to an activating group) is 1. The second-order valence-electron chi connectivity index (χ2n) is 10.7. The summed E-state index contributed by atoms with van der Waals surface area (Å²) in [6.45, 7) is 8.84. The van der Waals surface area contributed by atoms with Gasteiger partial charge >= 0.3 is 0 Å². The Bertz CT molecular complexity index is 1350. The lowest BCUT2D eigenvalue weighted by molar-refractivity contribution is -0.138. The Labute approximate surface area is 233 Å². The molecule has 0 saturated carbocycles. The number of aryl methyl sites for hydroxylation is 2. The van der Waals surface area contributed by atoms with Crippen molar-refractivity contribution in [2.45, 2.75) is 65.6 Å². The predicted molar refractivity (Wildman–Crippen MR) is 147 cm³/mol. The van der Waals surface area contributed by atoms with Gasteiger partial charge < -0.3 is 15.1 Å². The second-order valence-corrected chi connectivity index (χ2v) is 10.7. The van der Waals surface area contributed by atoms with Gasteiger partial charge in [0.25, 0.3) is 5.91 Å². The number of nitrogens with one attached hydrogen (secondary N) is 1. The lowest BCUT2D eigenvalue weighted by Gasteiger charge is -2.29. The Hall–Kier alpha value is -4.16. The molecule has 0 radical (unpaired) electrons. The number of carbonyl (C=O) groups excluding carboxylic acids is 3. The lowest BCUT2D eigenvalue weighted by atomic mass is 10.0. The van der Waals surface area contributed by atoms with Gasteiger partial charge in [-0.2, -0.15) is 9.90 Å². The Morgan fingerprint density at radius 1 is 1.07 bits per heavy atom. The van der Waals surface area contributed by atoms with E-state index >= 15 is 0 Å². The van der Waals surface area contributed by atoms with E-state index in [9.17, 15) is 14.4 Å². The van der Waals surface area contributed by atoms with E-state index < -0.39 is 6.04 Å². The monoisotopic (exact) mass is 550 g/mol. The maximum atomic E-state index is 13.6. The summed E-state index contributed by atoms with van der Waals surface area (Å²) in [6, 6.07) is 6.06. The minimum atomic E-state index is -0.650. The first-order valence-electron chi connectivity index (χ1n) is 13.6. The Kier molecular flexibility index (Phi) is 8.90. The molecule has 0 fully saturated rings. The number of carbonyl (C=O) groups is 3. The molecule has 1 aliphatic rings. The van der Waals surface area contributed by atoms with Crippen molar-refractivity contribution in [2.24, 2.45) is 13.0 Å². The second kappa shape index (κ2) is 12.3. The van der Waals surface area contributed by atoms with Crippen LogP contribution >= 0.6 is 0 Å². The quantitative estimate of drug-likeness (QED) is 0.518. The fraction of sp³-hybridized carbons (Fsp3) is 0.556. The molecule has 0 spiro atoms. The van der Waals surface area contributed by atoms with Crippen LogP contribution in [0.3, 0.4) is 0 Å². The highest BCUT2D eigenvalue weighted by Crippen LogP contribution is 2.22. The molecule has 2 aromatic heterocycles. The van der Waals surface area contributed by atoms with Gasteiger partial charge in [0.2, 0.25) is 17.6 Å². The predicted octanol–water partition coefficient (Wildman–Crippen LogP) is 1.76. The topological polar surface area (TPSA) is 144 Å². The summed E-state index contributed by atoms with van der Waals surface area (Å²) in [7, 11) is 3.33. The third kappa shape index (κ3) is 6.69. The van der Waals surface area contributed by atoms with Crippen LogP contribution in [0.5, 0.6) is 0 Å². The third-order valence-electron chi connectivity index (χ3n) is 7.08. The van der Waals surface area contributed by atoms with Crippen molar-refractivity contribution in [1.82, 2.24) is 50.1 Å². The van der Waals surface area contributed by atoms with E-state index in [4.69, 9.17) is 0 Å². The Morgan fingerprint density at radius 2 is 1.80 bits per heavy atom. The van der Waals surface area contributed by atoms with Crippen LogP contribution in [0.25, 0.3) is 11.4 Å². The molecule has 1 aromatic carbocycles. The molecule has 0 bridgehead atoms. The molecule has 3 aromatic rings. The SMILES string of the molecule is Cc1nc2n(n1)CCN(C(=O)c1ccc(-c3nnn(C)n3)cc1)CCCC(=O)N(C)[C@@H](C)C(=O)N[C@@H]2CC(C)C. The third-order valence-corrected chi connectivity index (χ3v) is 7.08. The molecule has 0 unspecified atom stereocenters. The molecule has 1 N–H and O–H groups in total. The maximum absolute atomic E-state index is 13.6. The summed E-state index contributed by atoms with van der Waals surface area (Å²) in [5, 5.41) is 19.8. The van der Waals surface area contributed by atoms with Crippen molar-refractivity contribution in [3.63, 3.8) is 0 Å². The van der Waals surface area contributed by atoms with Crippen molar-refractivity contribution in [3.05, 3.63) is 41.5 Å². The Balaban J connectivity index is 1.62. The van der Waals surface area contributed by atoms with Gasteiger partial charge in [0.15, 0.2) is 0 Å². The molecule has 3 amide bonds. The van der Waals surface area contributed by atoms with E-state index in [1.807, 2.05) is 6.92 Å². The summed E-state index contributed by atoms with van der Waals surface area (Å²) in [5.74, 6) is 1.47. The zero-order valence-electron chi connectivity index (χ0n) is 24.0. The number of nitrogens with zero attached hydrogens (tertiary/aromatic N) is 9. The number of amides is 3. The lowest BCUT2D eigenvalue weighted by Crippen LogP contribution is -2.47. The van der Waals surface area contributed by atoms with Gasteiger partial charge in [0, 0.05) is 37.7 Å². The molecule has 4 rings (SSSR count). The van der Waals surface area contributed by atoms with Gasteiger partial charge in [0.05, 0.1) is 19.6 Å². The molecule has 2 atom stereocenters. The van der Waals surface area contributed by atoms with Gasteiger partial charge in [0.1, 0.15) is 17.7 Å². The number of fused-ring (bicyclic) bond motifs is 1. The number of benzene rings is 1. The number of rotatable bonds is 4. The first-order chi connectivity index (χ1) is 19.0. The number of aromatic nitrogens is 7. The summed E-state index contributed by atoms with van der Waals surface area (Å²) >= 11 is 0. The van der Waals surface area contributed by atoms with E-state index in [2.05, 4.69) is 44.7 Å². The highest BCUT2D eigenvalue weighted by Gasteiger charge is 2.29. The van der Waals surface area contributed by atoms with Gasteiger partial charge in [-0.1, -0.05) is 26.0 Å². The van der Waals surface area contributed by atoms with Crippen LogP contribution < -0.4 is 5.32 Å². The number of tetrazole rings is 1. The highest BCUT2D eigenvalue weighted by atomic mass is 16.2. The average molecular weight is 551 g/mol. The molecular weight excluding hydrogens is 512 g/mol. The fourth-order valence-corrected chi connectivity index (χ4v) is 4.75. The normalized spacial score (nSPS) is 19.4. The fourth-order valence-electron chi connectivity index (χ4n) is 4.75. The first-order valence-corrected chi connectivity index (χ1v) is 13.6. The molecular formula is C27H38N10O3. The summed E-state index contributed by atoms with van der Waals surface area (Å²) in [5.41, 5.74) is 1.28. The highest BCUT2D eigenvalue weighted by molar-refractivity contribution is 5.94. The van der Waals surface area contributed by atoms with E-state index in [0.29, 0.717) is 55.5 Å². The van der Waals surface area contributed by atoms with Crippen molar-refractivity contribution >= 4 is 17.7 Å². The van der Waals surface area contributed by atoms with Crippen molar-refractivity contribution in [2.75, 3.05) is 20.1 Å². The largest absolute Gasteiger partial charge is 0.344 e. The molecule has 214 valence electrons. The zero-order valence-corrected chi connectivity index (χ0v) is 24.0. The van der Waals surface area contributed by atoms with E-state index in [0.717, 1.165) is 5.56 Å². The smallest absolute Gasteiger partial charge is 0.253 e. The first kappa shape index (κ1) is 28.8. The van der Waals surface area contributed by atoms with Gasteiger partial charge in [-0.15, -0.1) is 10.2 Å². The van der Waals surface area contributed by atoms with Crippen molar-refractivity contribution in [3.8, 4) is 11.4 Å². The van der Waals surface area contributed by atoms with Crippen LogP contribution in [-0.2, 0) is 23.2 Å². The molecule has 3 heterocycles. The zero-order chi connectivity index (χ0) is 29.0. The van der Waals surface area contributed by atoms with Gasteiger partial charge in [-0.05, 0) is 50.0 Å². The molecule has 0 aliphatic carbocycles. The molecule has 40 heavy (non-hydrogen) atoms. The number of hydrogen-bond donors (Lipinski definition) is 1. The molecule has 13 heteroatoms. The van der Waals surface area contributed by atoms with Crippen LogP contribution in [-0.4, -0.2) is 88.7 Å². The molecule has 1 aliphatic heterocycles. The van der Waals surface area contributed by atoms with Crippen LogP contribution in [0.4, 0.5) is 0 Å². The average Bonchev–Trinajstić information content (AvgIpc) is 3.53. The van der Waals surface area contributed by atoms with Crippen molar-refractivity contribution in [1.29, 1.82) is 0 Å². The van der Waals surface area contributed by atoms with Crippen molar-refractivity contribution < 1.29 is 14.4 Å². The van der Waals surface area contributed by atoms with Crippen LogP contribution in [0.1, 0.15) is 68.1 Å². The molecule has 13 nitrogen and oxygen atoms in total. The van der Waals surface area contributed by atoms with Gasteiger partial charge in [-0.25, -0.2) is 9.67 Å². The maximum Gasteiger partial charge on any atom is 0.253 e. The van der Waals surface area contributed by atoms with E-state index in [1.165, 1.54) is 9.70 Å². The van der Waals surface area contributed by atoms with E-state index in [-0.39, 0.29) is 36.1 Å². The standard InChI is InChI=1S/C27H38N10O3/c1-17(2)16-22-25-28-19(4)31-37(25)15-14-36(13-7-8-23(38)34(5)18(3)26(39)29-22)27(40)21-11-9-20(10-12-21)24-30-33-35(6)32-24/h9-12,17-18,22H,7-8,13-16H2,1-6H3,(H,29,39)/t18-,22+/m0/s1. The summed E-state index contributed by atoms with van der Waals surface area (Å²) in [6.07, 6.45) is 1.34. The van der Waals surface area contributed by atoms with E-state index in [1.54, 1.807) is 54.9 Å². The minimum Gasteiger partial charge on any atom is -0.344 e. The van der Waals surface area contributed by atoms with Crippen LogP contribution in [0.2, 0.25) is 0 Å². The summed E-state index contributed by atoms with van der Waals surface area (Å²) in [4.78, 5) is 48.9.